The SMILES string of the molecule is CCN(CC)CCCNCc1ccc(OCc2ccc(C)cc2)c(OC)c1.Cl.Cl. The number of ether oxygens (including phenoxy) is 2. The van der Waals surface area contributed by atoms with Crippen LogP contribution in [0.1, 0.15) is 37.0 Å². The minimum Gasteiger partial charge on any atom is -0.493 e. The van der Waals surface area contributed by atoms with Crippen molar-refractivity contribution in [3.63, 3.8) is 0 Å². The van der Waals surface area contributed by atoms with Crippen LogP contribution in [0, 0.1) is 6.92 Å². The van der Waals surface area contributed by atoms with E-state index in [9.17, 15) is 0 Å². The van der Waals surface area contributed by atoms with E-state index in [4.69, 9.17) is 9.47 Å². The van der Waals surface area contributed by atoms with Gasteiger partial charge in [0.1, 0.15) is 6.61 Å². The Bertz CT molecular complexity index is 677. The third kappa shape index (κ3) is 9.72. The predicted octanol–water partition coefficient (Wildman–Crippen LogP) is 5.25. The summed E-state index contributed by atoms with van der Waals surface area (Å²) < 4.78 is 11.5. The van der Waals surface area contributed by atoms with E-state index in [2.05, 4.69) is 67.4 Å². The van der Waals surface area contributed by atoms with Gasteiger partial charge in [-0.15, -0.1) is 24.8 Å². The summed E-state index contributed by atoms with van der Waals surface area (Å²) in [4.78, 5) is 2.45. The summed E-state index contributed by atoms with van der Waals surface area (Å²) in [7, 11) is 1.69. The lowest BCUT2D eigenvalue weighted by Gasteiger charge is -2.17. The summed E-state index contributed by atoms with van der Waals surface area (Å²) in [5, 5.41) is 3.52. The van der Waals surface area contributed by atoms with Gasteiger partial charge in [0.15, 0.2) is 11.5 Å². The van der Waals surface area contributed by atoms with E-state index in [1.165, 1.54) is 11.1 Å². The molecule has 0 unspecified atom stereocenters. The molecule has 0 fully saturated rings. The van der Waals surface area contributed by atoms with E-state index >= 15 is 0 Å². The molecular formula is C23H36Cl2N2O2. The molecule has 29 heavy (non-hydrogen) atoms. The summed E-state index contributed by atoms with van der Waals surface area (Å²) in [6.45, 7) is 12.3. The molecule has 6 heteroatoms. The molecule has 0 saturated carbocycles. The molecule has 164 valence electrons. The lowest BCUT2D eigenvalue weighted by molar-refractivity contribution is 0.284. The van der Waals surface area contributed by atoms with Crippen LogP contribution in [0.25, 0.3) is 0 Å². The number of benzene rings is 2. The Kier molecular flexibility index (Phi) is 14.6. The highest BCUT2D eigenvalue weighted by Gasteiger charge is 2.07. The molecule has 2 rings (SSSR count). The van der Waals surface area contributed by atoms with Crippen LogP contribution >= 0.6 is 24.8 Å². The first-order valence-corrected chi connectivity index (χ1v) is 9.94. The number of halogens is 2. The molecule has 0 bridgehead atoms. The van der Waals surface area contributed by atoms with Crippen molar-refractivity contribution in [2.24, 2.45) is 0 Å². The zero-order valence-electron chi connectivity index (χ0n) is 18.1. The number of hydrogen-bond acceptors (Lipinski definition) is 4. The van der Waals surface area contributed by atoms with Crippen LogP contribution in [-0.4, -0.2) is 38.2 Å². The van der Waals surface area contributed by atoms with E-state index in [0.29, 0.717) is 6.61 Å². The number of aryl methyl sites for hydroxylation is 1. The summed E-state index contributed by atoms with van der Waals surface area (Å²) >= 11 is 0. The molecule has 0 radical (unpaired) electrons. The Morgan fingerprint density at radius 3 is 2.17 bits per heavy atom. The highest BCUT2D eigenvalue weighted by molar-refractivity contribution is 5.85. The van der Waals surface area contributed by atoms with Gasteiger partial charge < -0.3 is 19.7 Å². The fraction of sp³-hybridized carbons (Fsp3) is 0.478. The molecule has 0 aliphatic heterocycles. The van der Waals surface area contributed by atoms with Gasteiger partial charge in [-0.1, -0.05) is 49.7 Å². The van der Waals surface area contributed by atoms with Crippen LogP contribution in [0.4, 0.5) is 0 Å². The molecule has 0 atom stereocenters. The number of methoxy groups -OCH3 is 1. The fourth-order valence-corrected chi connectivity index (χ4v) is 2.99. The predicted molar refractivity (Wildman–Crippen MR) is 127 cm³/mol. The van der Waals surface area contributed by atoms with E-state index in [1.807, 2.05) is 6.07 Å². The first kappa shape index (κ1) is 27.5. The van der Waals surface area contributed by atoms with Gasteiger partial charge in [-0.3, -0.25) is 0 Å². The molecule has 2 aromatic rings. The van der Waals surface area contributed by atoms with Gasteiger partial charge >= 0.3 is 0 Å². The minimum absolute atomic E-state index is 0. The van der Waals surface area contributed by atoms with E-state index in [0.717, 1.165) is 56.2 Å². The zero-order chi connectivity index (χ0) is 19.5. The molecule has 0 aliphatic carbocycles. The molecule has 0 saturated heterocycles. The number of rotatable bonds is 12. The average molecular weight is 443 g/mol. The van der Waals surface area contributed by atoms with Gasteiger partial charge in [-0.05, 0) is 62.8 Å². The van der Waals surface area contributed by atoms with Crippen molar-refractivity contribution < 1.29 is 9.47 Å². The van der Waals surface area contributed by atoms with Crippen LogP contribution in [0.2, 0.25) is 0 Å². The highest BCUT2D eigenvalue weighted by Crippen LogP contribution is 2.28. The maximum Gasteiger partial charge on any atom is 0.161 e. The van der Waals surface area contributed by atoms with Crippen molar-refractivity contribution in [3.8, 4) is 11.5 Å². The second kappa shape index (κ2) is 15.4. The van der Waals surface area contributed by atoms with Gasteiger partial charge in [-0.2, -0.15) is 0 Å². The second-order valence-electron chi connectivity index (χ2n) is 6.82. The van der Waals surface area contributed by atoms with Gasteiger partial charge in [0.2, 0.25) is 0 Å². The monoisotopic (exact) mass is 442 g/mol. The van der Waals surface area contributed by atoms with Gasteiger partial charge in [0, 0.05) is 6.54 Å². The van der Waals surface area contributed by atoms with Crippen molar-refractivity contribution in [3.05, 3.63) is 59.2 Å². The minimum atomic E-state index is 0. The third-order valence-electron chi connectivity index (χ3n) is 4.79. The first-order valence-electron chi connectivity index (χ1n) is 9.94. The third-order valence-corrected chi connectivity index (χ3v) is 4.79. The molecule has 0 heterocycles. The summed E-state index contributed by atoms with van der Waals surface area (Å²) in [5.74, 6) is 1.56. The maximum atomic E-state index is 5.95. The molecule has 4 nitrogen and oxygen atoms in total. The van der Waals surface area contributed by atoms with Crippen molar-refractivity contribution in [2.45, 2.75) is 40.3 Å². The van der Waals surface area contributed by atoms with Gasteiger partial charge in [0.25, 0.3) is 0 Å². The summed E-state index contributed by atoms with van der Waals surface area (Å²) in [6, 6.07) is 14.6. The molecule has 2 aromatic carbocycles. The van der Waals surface area contributed by atoms with Crippen LogP contribution in [0.3, 0.4) is 0 Å². The number of hydrogen-bond donors (Lipinski definition) is 1. The summed E-state index contributed by atoms with van der Waals surface area (Å²) in [6.07, 6.45) is 1.16. The standard InChI is InChI=1S/C23H34N2O2.2ClH/c1-5-25(6-2)15-7-14-24-17-21-12-13-22(23(16-21)26-4)27-18-20-10-8-19(3)9-11-20;;/h8-13,16,24H,5-7,14-15,17-18H2,1-4H3;2*1H. The second-order valence-corrected chi connectivity index (χ2v) is 6.82. The Morgan fingerprint density at radius 2 is 1.55 bits per heavy atom. The molecule has 0 aromatic heterocycles. The normalized spacial score (nSPS) is 10.2. The van der Waals surface area contributed by atoms with Crippen molar-refractivity contribution in [1.29, 1.82) is 0 Å². The van der Waals surface area contributed by atoms with E-state index in [-0.39, 0.29) is 24.8 Å². The molecule has 0 aliphatic rings. The largest absolute Gasteiger partial charge is 0.493 e. The van der Waals surface area contributed by atoms with Gasteiger partial charge in [0.05, 0.1) is 7.11 Å². The van der Waals surface area contributed by atoms with Gasteiger partial charge in [-0.25, -0.2) is 0 Å². The van der Waals surface area contributed by atoms with Crippen LogP contribution in [-0.2, 0) is 13.2 Å². The quantitative estimate of drug-likeness (QED) is 0.455. The Labute approximate surface area is 188 Å². The van der Waals surface area contributed by atoms with Crippen molar-refractivity contribution >= 4 is 24.8 Å². The Balaban J connectivity index is 0.00000392. The molecule has 0 amide bonds. The molecule has 1 N–H and O–H groups in total. The first-order chi connectivity index (χ1) is 13.2. The lowest BCUT2D eigenvalue weighted by Crippen LogP contribution is -2.27. The average Bonchev–Trinajstić information content (AvgIpc) is 2.70. The summed E-state index contributed by atoms with van der Waals surface area (Å²) in [5.41, 5.74) is 3.62. The Morgan fingerprint density at radius 1 is 0.897 bits per heavy atom. The maximum absolute atomic E-state index is 5.95. The topological polar surface area (TPSA) is 33.7 Å². The van der Waals surface area contributed by atoms with E-state index in [1.54, 1.807) is 7.11 Å². The van der Waals surface area contributed by atoms with Crippen LogP contribution in [0.5, 0.6) is 11.5 Å². The highest BCUT2D eigenvalue weighted by atomic mass is 35.5. The molecule has 0 spiro atoms. The fourth-order valence-electron chi connectivity index (χ4n) is 2.99. The van der Waals surface area contributed by atoms with Crippen molar-refractivity contribution in [2.75, 3.05) is 33.3 Å². The Hall–Kier alpha value is -1.46. The zero-order valence-corrected chi connectivity index (χ0v) is 19.7. The van der Waals surface area contributed by atoms with E-state index < -0.39 is 0 Å². The number of nitrogens with one attached hydrogen (secondary N) is 1. The smallest absolute Gasteiger partial charge is 0.161 e. The number of nitrogens with zero attached hydrogens (tertiary/aromatic N) is 1. The molecular weight excluding hydrogens is 407 g/mol. The van der Waals surface area contributed by atoms with Crippen LogP contribution < -0.4 is 14.8 Å². The lowest BCUT2D eigenvalue weighted by atomic mass is 10.1. The van der Waals surface area contributed by atoms with Crippen molar-refractivity contribution in [1.82, 2.24) is 10.2 Å². The van der Waals surface area contributed by atoms with Crippen LogP contribution in [0.15, 0.2) is 42.5 Å².